The van der Waals surface area contributed by atoms with Crippen molar-refractivity contribution >= 4 is 41.3 Å². The van der Waals surface area contributed by atoms with E-state index >= 15 is 0 Å². The Morgan fingerprint density at radius 2 is 1.72 bits per heavy atom. The molecule has 1 aromatic carbocycles. The summed E-state index contributed by atoms with van der Waals surface area (Å²) in [6.07, 6.45) is 0. The summed E-state index contributed by atoms with van der Waals surface area (Å²) < 4.78 is 9.26. The van der Waals surface area contributed by atoms with Crippen molar-refractivity contribution in [1.29, 1.82) is 0 Å². The molecule has 1 rings (SSSR count). The number of ether oxygens (including phenoxy) is 2. The molecule has 0 aromatic heterocycles. The Hall–Kier alpha value is -2.59. The van der Waals surface area contributed by atoms with Crippen LogP contribution in [-0.4, -0.2) is 56.9 Å². The number of anilines is 1. The number of methoxy groups -OCH3 is 1. The summed E-state index contributed by atoms with van der Waals surface area (Å²) in [6.45, 7) is -0.567. The zero-order valence-corrected chi connectivity index (χ0v) is 14.6. The standard InChI is InChI=1S/C15H19N3O6S/c1-16-15(22)18-13(20)9-25-11-5-3-10(4-6-11)17-12(19)7-24-8-14(21)23-2/h3-6H,7-9H2,1-2H3,(H,17,19)(H2,16,18,20,22). The van der Waals surface area contributed by atoms with Crippen molar-refractivity contribution in [3.63, 3.8) is 0 Å². The van der Waals surface area contributed by atoms with Gasteiger partial charge in [0, 0.05) is 17.6 Å². The Kier molecular flexibility index (Phi) is 9.04. The Morgan fingerprint density at radius 1 is 1.04 bits per heavy atom. The largest absolute Gasteiger partial charge is 0.467 e. The maximum atomic E-state index is 11.6. The molecule has 0 radical (unpaired) electrons. The molecular formula is C15H19N3O6S. The highest BCUT2D eigenvalue weighted by Gasteiger charge is 2.08. The van der Waals surface area contributed by atoms with Crippen molar-refractivity contribution in [1.82, 2.24) is 10.6 Å². The topological polar surface area (TPSA) is 123 Å². The second-order valence-corrected chi connectivity index (χ2v) is 5.61. The van der Waals surface area contributed by atoms with Crippen molar-refractivity contribution in [3.8, 4) is 0 Å². The van der Waals surface area contributed by atoms with Crippen LogP contribution < -0.4 is 16.0 Å². The fraction of sp³-hybridized carbons (Fsp3) is 0.333. The van der Waals surface area contributed by atoms with Crippen LogP contribution in [0.15, 0.2) is 29.2 Å². The van der Waals surface area contributed by atoms with E-state index < -0.39 is 23.8 Å². The molecule has 0 atom stereocenters. The predicted molar refractivity (Wildman–Crippen MR) is 91.2 cm³/mol. The van der Waals surface area contributed by atoms with E-state index in [1.54, 1.807) is 24.3 Å². The molecule has 4 amide bonds. The number of hydrogen-bond donors (Lipinski definition) is 3. The summed E-state index contributed by atoms with van der Waals surface area (Å²) in [5.41, 5.74) is 0.547. The Balaban J connectivity index is 2.35. The number of hydrogen-bond acceptors (Lipinski definition) is 7. The van der Waals surface area contributed by atoms with Crippen molar-refractivity contribution in [2.45, 2.75) is 4.90 Å². The number of rotatable bonds is 8. The number of imide groups is 1. The van der Waals surface area contributed by atoms with Gasteiger partial charge in [0.1, 0.15) is 13.2 Å². The molecule has 0 saturated carbocycles. The molecule has 0 aliphatic rings. The Bertz CT molecular complexity index is 620. The van der Waals surface area contributed by atoms with Crippen molar-refractivity contribution in [3.05, 3.63) is 24.3 Å². The van der Waals surface area contributed by atoms with E-state index in [1.165, 1.54) is 25.9 Å². The summed E-state index contributed by atoms with van der Waals surface area (Å²) in [7, 11) is 2.65. The molecule has 10 heteroatoms. The van der Waals surface area contributed by atoms with Crippen LogP contribution >= 0.6 is 11.8 Å². The number of nitrogens with one attached hydrogen (secondary N) is 3. The van der Waals surface area contributed by atoms with E-state index in [1.807, 2.05) is 0 Å². The molecule has 0 unspecified atom stereocenters. The summed E-state index contributed by atoms with van der Waals surface area (Å²) in [6, 6.07) is 6.22. The second-order valence-electron chi connectivity index (χ2n) is 4.56. The molecule has 0 aliphatic carbocycles. The zero-order chi connectivity index (χ0) is 18.7. The predicted octanol–water partition coefficient (Wildman–Crippen LogP) is 0.362. The molecular weight excluding hydrogens is 350 g/mol. The molecule has 25 heavy (non-hydrogen) atoms. The number of esters is 1. The number of urea groups is 1. The third-order valence-electron chi connectivity index (χ3n) is 2.67. The van der Waals surface area contributed by atoms with Crippen LogP contribution in [0.3, 0.4) is 0 Å². The number of thioether (sulfide) groups is 1. The number of carbonyl (C=O) groups is 4. The van der Waals surface area contributed by atoms with Gasteiger partial charge in [0.05, 0.1) is 12.9 Å². The van der Waals surface area contributed by atoms with Gasteiger partial charge >= 0.3 is 12.0 Å². The van der Waals surface area contributed by atoms with Crippen LogP contribution in [0, 0.1) is 0 Å². The first-order valence-corrected chi connectivity index (χ1v) is 8.12. The zero-order valence-electron chi connectivity index (χ0n) is 13.8. The molecule has 0 heterocycles. The lowest BCUT2D eigenvalue weighted by Gasteiger charge is -2.07. The number of benzene rings is 1. The monoisotopic (exact) mass is 369 g/mol. The number of carbonyl (C=O) groups excluding carboxylic acids is 4. The smallest absolute Gasteiger partial charge is 0.331 e. The first-order chi connectivity index (χ1) is 11.9. The Labute approximate surface area is 148 Å². The molecule has 1 aromatic rings. The van der Waals surface area contributed by atoms with Crippen molar-refractivity contribution < 1.29 is 28.7 Å². The highest BCUT2D eigenvalue weighted by Crippen LogP contribution is 2.20. The van der Waals surface area contributed by atoms with Gasteiger partial charge in [0.2, 0.25) is 11.8 Å². The minimum absolute atomic E-state index is 0.0838. The maximum absolute atomic E-state index is 11.6. The van der Waals surface area contributed by atoms with Gasteiger partial charge < -0.3 is 20.1 Å². The molecule has 0 saturated heterocycles. The van der Waals surface area contributed by atoms with Gasteiger partial charge in [-0.25, -0.2) is 9.59 Å². The molecule has 136 valence electrons. The first kappa shape index (κ1) is 20.5. The molecule has 0 aliphatic heterocycles. The van der Waals surface area contributed by atoms with Gasteiger partial charge in [-0.15, -0.1) is 11.8 Å². The van der Waals surface area contributed by atoms with Gasteiger partial charge in [-0.2, -0.15) is 0 Å². The summed E-state index contributed by atoms with van der Waals surface area (Å²) in [5.74, 6) is -1.30. The van der Waals surface area contributed by atoms with Gasteiger partial charge in [-0.1, -0.05) is 0 Å². The fourth-order valence-corrected chi connectivity index (χ4v) is 2.19. The lowest BCUT2D eigenvalue weighted by molar-refractivity contribution is -0.146. The van der Waals surface area contributed by atoms with Crippen LogP contribution in [0.25, 0.3) is 0 Å². The molecule has 0 spiro atoms. The minimum atomic E-state index is -0.561. The summed E-state index contributed by atoms with van der Waals surface area (Å²) in [4.78, 5) is 45.7. The minimum Gasteiger partial charge on any atom is -0.467 e. The maximum Gasteiger partial charge on any atom is 0.331 e. The van der Waals surface area contributed by atoms with Gasteiger partial charge in [-0.05, 0) is 24.3 Å². The molecule has 9 nitrogen and oxygen atoms in total. The average molecular weight is 369 g/mol. The van der Waals surface area contributed by atoms with Gasteiger partial charge in [0.15, 0.2) is 0 Å². The molecule has 0 fully saturated rings. The first-order valence-electron chi connectivity index (χ1n) is 7.13. The lowest BCUT2D eigenvalue weighted by atomic mass is 10.3. The van der Waals surface area contributed by atoms with E-state index in [2.05, 4.69) is 20.7 Å². The molecule has 3 N–H and O–H groups in total. The highest BCUT2D eigenvalue weighted by atomic mass is 32.2. The number of amides is 4. The summed E-state index contributed by atoms with van der Waals surface area (Å²) in [5, 5.41) is 7.04. The lowest BCUT2D eigenvalue weighted by Crippen LogP contribution is -2.38. The SMILES string of the molecule is CNC(=O)NC(=O)CSc1ccc(NC(=O)COCC(=O)OC)cc1. The van der Waals surface area contributed by atoms with Crippen molar-refractivity contribution in [2.75, 3.05) is 38.4 Å². The fourth-order valence-electron chi connectivity index (χ4n) is 1.49. The third kappa shape index (κ3) is 8.72. The average Bonchev–Trinajstić information content (AvgIpc) is 2.60. The third-order valence-corrected chi connectivity index (χ3v) is 3.68. The normalized spacial score (nSPS) is 9.84. The van der Waals surface area contributed by atoms with E-state index in [9.17, 15) is 19.2 Å². The van der Waals surface area contributed by atoms with Gasteiger partial charge in [0.25, 0.3) is 0 Å². The van der Waals surface area contributed by atoms with E-state index in [-0.39, 0.29) is 19.0 Å². The van der Waals surface area contributed by atoms with Crippen LogP contribution in [0.2, 0.25) is 0 Å². The van der Waals surface area contributed by atoms with Crippen LogP contribution in [-0.2, 0) is 23.9 Å². The van der Waals surface area contributed by atoms with Crippen LogP contribution in [0.1, 0.15) is 0 Å². The quantitative estimate of drug-likeness (QED) is 0.447. The second kappa shape index (κ2) is 11.0. The van der Waals surface area contributed by atoms with Crippen LogP contribution in [0.5, 0.6) is 0 Å². The van der Waals surface area contributed by atoms with Crippen LogP contribution in [0.4, 0.5) is 10.5 Å². The van der Waals surface area contributed by atoms with E-state index in [0.29, 0.717) is 5.69 Å². The Morgan fingerprint density at radius 3 is 2.32 bits per heavy atom. The molecule has 0 bridgehead atoms. The summed E-state index contributed by atoms with van der Waals surface area (Å²) >= 11 is 1.25. The van der Waals surface area contributed by atoms with Crippen molar-refractivity contribution in [2.24, 2.45) is 0 Å². The van der Waals surface area contributed by atoms with E-state index in [4.69, 9.17) is 4.74 Å². The van der Waals surface area contributed by atoms with E-state index in [0.717, 1.165) is 4.90 Å². The van der Waals surface area contributed by atoms with Gasteiger partial charge in [-0.3, -0.25) is 14.9 Å². The highest BCUT2D eigenvalue weighted by molar-refractivity contribution is 8.00.